The van der Waals surface area contributed by atoms with Crippen LogP contribution in [0.5, 0.6) is 0 Å². The van der Waals surface area contributed by atoms with Crippen molar-refractivity contribution in [2.24, 2.45) is 11.8 Å². The Morgan fingerprint density at radius 3 is 2.73 bits per heavy atom. The Bertz CT molecular complexity index is 882. The Morgan fingerprint density at radius 2 is 1.93 bits per heavy atom. The second kappa shape index (κ2) is 9.54. The summed E-state index contributed by atoms with van der Waals surface area (Å²) in [5.74, 6) is -0.324. The predicted octanol–water partition coefficient (Wildman–Crippen LogP) is 4.21. The summed E-state index contributed by atoms with van der Waals surface area (Å²) in [5.41, 5.74) is 1.70. The fourth-order valence-corrected chi connectivity index (χ4v) is 4.48. The van der Waals surface area contributed by atoms with Crippen LogP contribution in [0.1, 0.15) is 30.4 Å². The third kappa shape index (κ3) is 4.97. The second-order valence-corrected chi connectivity index (χ2v) is 8.13. The third-order valence-corrected chi connectivity index (χ3v) is 6.08. The van der Waals surface area contributed by atoms with Crippen molar-refractivity contribution in [3.63, 3.8) is 0 Å². The van der Waals surface area contributed by atoms with Crippen LogP contribution in [0.4, 0.5) is 4.39 Å². The number of aliphatic hydroxyl groups is 1. The van der Waals surface area contributed by atoms with Crippen molar-refractivity contribution >= 4 is 5.97 Å². The molecule has 4 rings (SSSR count). The van der Waals surface area contributed by atoms with E-state index in [1.54, 1.807) is 24.3 Å². The maximum atomic E-state index is 13.8. The molecular weight excluding hydrogens is 383 g/mol. The Morgan fingerprint density at radius 1 is 1.17 bits per heavy atom. The highest BCUT2D eigenvalue weighted by Gasteiger charge is 2.49. The average Bonchev–Trinajstić information content (AvgIpc) is 3.26. The van der Waals surface area contributed by atoms with Crippen LogP contribution in [0.15, 0.2) is 66.7 Å². The number of hydrogen-bond donors (Lipinski definition) is 1. The highest BCUT2D eigenvalue weighted by atomic mass is 19.1. The van der Waals surface area contributed by atoms with Gasteiger partial charge in [0, 0.05) is 18.3 Å². The molecule has 2 fully saturated rings. The van der Waals surface area contributed by atoms with Crippen LogP contribution in [0, 0.1) is 17.7 Å². The van der Waals surface area contributed by atoms with E-state index < -0.39 is 6.10 Å². The topological polar surface area (TPSA) is 55.8 Å². The first-order chi connectivity index (χ1) is 14.6. The number of esters is 1. The normalized spacial score (nSPS) is 26.7. The number of hydrogen-bond acceptors (Lipinski definition) is 4. The minimum absolute atomic E-state index is 0.00766. The lowest BCUT2D eigenvalue weighted by molar-refractivity contribution is -0.142. The van der Waals surface area contributed by atoms with Crippen LogP contribution in [0.25, 0.3) is 0 Å². The van der Waals surface area contributed by atoms with E-state index in [4.69, 9.17) is 9.47 Å². The fraction of sp³-hybridized carbons (Fsp3) is 0.400. The van der Waals surface area contributed by atoms with Gasteiger partial charge in [0.15, 0.2) is 0 Å². The van der Waals surface area contributed by atoms with Crippen molar-refractivity contribution in [3.8, 4) is 0 Å². The minimum atomic E-state index is -0.684. The molecule has 0 bridgehead atoms. The molecule has 0 aromatic heterocycles. The first-order valence-electron chi connectivity index (χ1n) is 10.5. The maximum absolute atomic E-state index is 13.8. The number of aliphatic hydroxyl groups excluding tert-OH is 1. The van der Waals surface area contributed by atoms with Gasteiger partial charge in [-0.3, -0.25) is 4.79 Å². The SMILES string of the molecule is O=C1CC2C(CC(OCc3ccccc3)C2C=CC(O)CCc2ccccc2F)O1. The number of halogens is 1. The van der Waals surface area contributed by atoms with Crippen molar-refractivity contribution < 1.29 is 23.8 Å². The van der Waals surface area contributed by atoms with Crippen molar-refractivity contribution in [2.45, 2.75) is 50.6 Å². The molecule has 1 N–H and O–H groups in total. The maximum Gasteiger partial charge on any atom is 0.306 e. The summed E-state index contributed by atoms with van der Waals surface area (Å²) >= 11 is 0. The zero-order chi connectivity index (χ0) is 20.9. The molecule has 1 saturated heterocycles. The summed E-state index contributed by atoms with van der Waals surface area (Å²) in [5, 5.41) is 10.4. The standard InChI is InChI=1S/C25H27FO4/c26-22-9-5-4-8-18(22)10-11-19(27)12-13-20-21-14-25(28)30-24(21)15-23(20)29-16-17-6-2-1-3-7-17/h1-9,12-13,19-21,23-24,27H,10-11,14-16H2. The third-order valence-electron chi connectivity index (χ3n) is 6.08. The molecule has 1 saturated carbocycles. The summed E-state index contributed by atoms with van der Waals surface area (Å²) < 4.78 is 25.4. The molecule has 30 heavy (non-hydrogen) atoms. The van der Waals surface area contributed by atoms with Gasteiger partial charge >= 0.3 is 5.97 Å². The number of ether oxygens (including phenoxy) is 2. The highest BCUT2D eigenvalue weighted by molar-refractivity contribution is 5.72. The molecule has 5 atom stereocenters. The minimum Gasteiger partial charge on any atom is -0.462 e. The Balaban J connectivity index is 1.37. The van der Waals surface area contributed by atoms with Gasteiger partial charge in [-0.2, -0.15) is 0 Å². The molecule has 5 heteroatoms. The van der Waals surface area contributed by atoms with Gasteiger partial charge in [-0.1, -0.05) is 60.7 Å². The van der Waals surface area contributed by atoms with Crippen LogP contribution >= 0.6 is 0 Å². The molecule has 2 aromatic rings. The summed E-state index contributed by atoms with van der Waals surface area (Å²) in [6, 6.07) is 16.6. The van der Waals surface area contributed by atoms with Gasteiger partial charge in [0.05, 0.1) is 25.2 Å². The largest absolute Gasteiger partial charge is 0.462 e. The Kier molecular flexibility index (Phi) is 6.60. The van der Waals surface area contributed by atoms with Gasteiger partial charge < -0.3 is 14.6 Å². The quantitative estimate of drug-likeness (QED) is 0.523. The molecule has 158 valence electrons. The number of benzene rings is 2. The molecule has 1 aliphatic heterocycles. The lowest BCUT2D eigenvalue weighted by Crippen LogP contribution is -2.22. The van der Waals surface area contributed by atoms with E-state index in [1.807, 2.05) is 36.4 Å². The Hall–Kier alpha value is -2.50. The van der Waals surface area contributed by atoms with Crippen LogP contribution < -0.4 is 0 Å². The number of fused-ring (bicyclic) bond motifs is 1. The van der Waals surface area contributed by atoms with Crippen LogP contribution in [-0.4, -0.2) is 29.4 Å². The van der Waals surface area contributed by atoms with E-state index >= 15 is 0 Å². The number of carbonyl (C=O) groups excluding carboxylic acids is 1. The second-order valence-electron chi connectivity index (χ2n) is 8.13. The molecule has 4 nitrogen and oxygen atoms in total. The monoisotopic (exact) mass is 410 g/mol. The van der Waals surface area contributed by atoms with Crippen molar-refractivity contribution in [3.05, 3.63) is 83.7 Å². The smallest absolute Gasteiger partial charge is 0.306 e. The molecular formula is C25H27FO4. The van der Waals surface area contributed by atoms with Gasteiger partial charge in [0.25, 0.3) is 0 Å². The van der Waals surface area contributed by atoms with E-state index in [0.29, 0.717) is 37.9 Å². The lowest BCUT2D eigenvalue weighted by atomic mass is 9.91. The van der Waals surface area contributed by atoms with Gasteiger partial charge in [0.1, 0.15) is 11.9 Å². The molecule has 1 heterocycles. The fourth-order valence-electron chi connectivity index (χ4n) is 4.48. The zero-order valence-corrected chi connectivity index (χ0v) is 16.8. The van der Waals surface area contributed by atoms with Crippen molar-refractivity contribution in [1.82, 2.24) is 0 Å². The van der Waals surface area contributed by atoms with Crippen molar-refractivity contribution in [1.29, 1.82) is 0 Å². The molecule has 0 spiro atoms. The molecule has 5 unspecified atom stereocenters. The van der Waals surface area contributed by atoms with Crippen LogP contribution in [-0.2, 0) is 27.3 Å². The van der Waals surface area contributed by atoms with E-state index in [0.717, 1.165) is 5.56 Å². The van der Waals surface area contributed by atoms with E-state index in [1.165, 1.54) is 6.07 Å². The highest BCUT2D eigenvalue weighted by Crippen LogP contribution is 2.43. The van der Waals surface area contributed by atoms with Gasteiger partial charge in [0.2, 0.25) is 0 Å². The zero-order valence-electron chi connectivity index (χ0n) is 16.8. The van der Waals surface area contributed by atoms with Gasteiger partial charge in [-0.05, 0) is 30.0 Å². The van der Waals surface area contributed by atoms with E-state index in [2.05, 4.69) is 0 Å². The average molecular weight is 410 g/mol. The molecule has 0 amide bonds. The van der Waals surface area contributed by atoms with E-state index in [9.17, 15) is 14.3 Å². The summed E-state index contributed by atoms with van der Waals surface area (Å²) in [7, 11) is 0. The number of carbonyl (C=O) groups is 1. The molecule has 2 aliphatic rings. The first kappa shape index (κ1) is 20.8. The molecule has 0 radical (unpaired) electrons. The Labute approximate surface area is 176 Å². The summed E-state index contributed by atoms with van der Waals surface area (Å²) in [6.45, 7) is 0.499. The van der Waals surface area contributed by atoms with Crippen LogP contribution in [0.2, 0.25) is 0 Å². The molecule has 2 aromatic carbocycles. The van der Waals surface area contributed by atoms with Crippen LogP contribution in [0.3, 0.4) is 0 Å². The van der Waals surface area contributed by atoms with Crippen molar-refractivity contribution in [2.75, 3.05) is 0 Å². The lowest BCUT2D eigenvalue weighted by Gasteiger charge is -2.21. The van der Waals surface area contributed by atoms with Gasteiger partial charge in [-0.15, -0.1) is 0 Å². The van der Waals surface area contributed by atoms with E-state index in [-0.39, 0.29) is 35.8 Å². The predicted molar refractivity (Wildman–Crippen MR) is 111 cm³/mol. The summed E-state index contributed by atoms with van der Waals surface area (Å²) in [4.78, 5) is 11.7. The number of rotatable bonds is 8. The summed E-state index contributed by atoms with van der Waals surface area (Å²) in [6.07, 6.45) is 4.81. The van der Waals surface area contributed by atoms with Gasteiger partial charge in [-0.25, -0.2) is 4.39 Å². The number of aryl methyl sites for hydroxylation is 1. The first-order valence-corrected chi connectivity index (χ1v) is 10.5. The molecule has 1 aliphatic carbocycles.